The van der Waals surface area contributed by atoms with Gasteiger partial charge < -0.3 is 9.84 Å². The van der Waals surface area contributed by atoms with Gasteiger partial charge in [0.05, 0.1) is 16.8 Å². The van der Waals surface area contributed by atoms with E-state index in [1.807, 2.05) is 13.8 Å². The van der Waals surface area contributed by atoms with E-state index in [4.69, 9.17) is 9.84 Å². The van der Waals surface area contributed by atoms with Gasteiger partial charge in [-0.15, -0.1) is 0 Å². The Hall–Kier alpha value is -1.23. The van der Waals surface area contributed by atoms with Gasteiger partial charge in [-0.2, -0.15) is 0 Å². The van der Waals surface area contributed by atoms with Crippen molar-refractivity contribution < 1.29 is 14.6 Å². The van der Waals surface area contributed by atoms with E-state index in [9.17, 15) is 4.79 Å². The molecule has 16 heavy (non-hydrogen) atoms. The van der Waals surface area contributed by atoms with Gasteiger partial charge in [0.25, 0.3) is 0 Å². The highest BCUT2D eigenvalue weighted by molar-refractivity contribution is 9.10. The number of anilines is 1. The molecular weight excluding hydrogens is 274 g/mol. The lowest BCUT2D eigenvalue weighted by molar-refractivity contribution is 0.209. The van der Waals surface area contributed by atoms with Crippen molar-refractivity contribution in [1.29, 1.82) is 0 Å². The van der Waals surface area contributed by atoms with Crippen molar-refractivity contribution in [3.05, 3.63) is 21.2 Å². The average Bonchev–Trinajstić information content (AvgIpc) is 2.70. The number of ether oxygens (including phenoxy) is 1. The summed E-state index contributed by atoms with van der Waals surface area (Å²) in [4.78, 5) is 10.7. The third kappa shape index (κ3) is 1.65. The van der Waals surface area contributed by atoms with Crippen molar-refractivity contribution in [1.82, 2.24) is 0 Å². The van der Waals surface area contributed by atoms with Crippen LogP contribution < -0.4 is 10.1 Å². The third-order valence-electron chi connectivity index (χ3n) is 2.84. The van der Waals surface area contributed by atoms with Gasteiger partial charge >= 0.3 is 6.09 Å². The molecule has 0 bridgehead atoms. The van der Waals surface area contributed by atoms with Crippen LogP contribution in [0.2, 0.25) is 0 Å². The monoisotopic (exact) mass is 285 g/mol. The predicted molar refractivity (Wildman–Crippen MR) is 64.5 cm³/mol. The van der Waals surface area contributed by atoms with Gasteiger partial charge in [0, 0.05) is 12.0 Å². The predicted octanol–water partition coefficient (Wildman–Crippen LogP) is 3.09. The summed E-state index contributed by atoms with van der Waals surface area (Å²) >= 11 is 3.45. The van der Waals surface area contributed by atoms with Crippen molar-refractivity contribution in [3.63, 3.8) is 0 Å². The Morgan fingerprint density at radius 3 is 2.75 bits per heavy atom. The lowest BCUT2D eigenvalue weighted by Crippen LogP contribution is -2.11. The normalized spacial score (nSPS) is 13.2. The minimum Gasteiger partial charge on any atom is -0.492 e. The number of amides is 1. The van der Waals surface area contributed by atoms with Gasteiger partial charge in [-0.25, -0.2) is 4.79 Å². The SMILES string of the molecule is Cc1c(Br)c2c(c(C)c1NC(=O)O)CCO2. The summed E-state index contributed by atoms with van der Waals surface area (Å²) in [6.07, 6.45) is -0.217. The molecule has 0 spiro atoms. The topological polar surface area (TPSA) is 58.6 Å². The van der Waals surface area contributed by atoms with Crippen LogP contribution in [-0.4, -0.2) is 17.8 Å². The zero-order chi connectivity index (χ0) is 11.9. The molecule has 86 valence electrons. The Morgan fingerprint density at radius 2 is 2.12 bits per heavy atom. The Kier molecular flexibility index (Phi) is 2.80. The Labute approximate surface area is 102 Å². The molecule has 5 heteroatoms. The lowest BCUT2D eigenvalue weighted by Gasteiger charge is -2.15. The van der Waals surface area contributed by atoms with Crippen LogP contribution in [0.3, 0.4) is 0 Å². The minimum atomic E-state index is -1.04. The zero-order valence-electron chi connectivity index (χ0n) is 9.06. The first-order valence-corrected chi connectivity index (χ1v) is 5.76. The molecule has 1 amide bonds. The van der Waals surface area contributed by atoms with Crippen LogP contribution in [0.25, 0.3) is 0 Å². The molecule has 0 saturated carbocycles. The van der Waals surface area contributed by atoms with E-state index >= 15 is 0 Å². The van der Waals surface area contributed by atoms with Gasteiger partial charge in [-0.1, -0.05) is 0 Å². The molecule has 1 aromatic carbocycles. The average molecular weight is 286 g/mol. The standard InChI is InChI=1S/C11H12BrNO3/c1-5-7-3-4-16-10(7)8(12)6(2)9(5)13-11(14)15/h13H,3-4H2,1-2H3,(H,14,15). The van der Waals surface area contributed by atoms with Crippen molar-refractivity contribution in [3.8, 4) is 5.75 Å². The fraction of sp³-hybridized carbons (Fsp3) is 0.364. The molecule has 1 heterocycles. The van der Waals surface area contributed by atoms with Crippen LogP contribution in [0.5, 0.6) is 5.75 Å². The molecule has 0 radical (unpaired) electrons. The smallest absolute Gasteiger partial charge is 0.409 e. The fourth-order valence-electron chi connectivity index (χ4n) is 2.02. The van der Waals surface area contributed by atoms with Crippen molar-refractivity contribution in [2.24, 2.45) is 0 Å². The summed E-state index contributed by atoms with van der Waals surface area (Å²) in [5.74, 6) is 0.853. The number of fused-ring (bicyclic) bond motifs is 1. The first-order chi connectivity index (χ1) is 7.52. The number of nitrogens with one attached hydrogen (secondary N) is 1. The maximum atomic E-state index is 10.7. The van der Waals surface area contributed by atoms with Gasteiger partial charge in [-0.3, -0.25) is 5.32 Å². The number of hydrogen-bond donors (Lipinski definition) is 2. The number of carbonyl (C=O) groups is 1. The van der Waals surface area contributed by atoms with Gasteiger partial charge in [-0.05, 0) is 40.9 Å². The summed E-state index contributed by atoms with van der Waals surface area (Å²) in [6.45, 7) is 4.44. The molecule has 4 nitrogen and oxygen atoms in total. The molecule has 1 aliphatic rings. The van der Waals surface area contributed by atoms with Crippen LogP contribution in [0.15, 0.2) is 4.47 Å². The molecule has 2 N–H and O–H groups in total. The second-order valence-electron chi connectivity index (χ2n) is 3.78. The summed E-state index contributed by atoms with van der Waals surface area (Å²) in [5, 5.41) is 11.2. The number of halogens is 1. The fourth-order valence-corrected chi connectivity index (χ4v) is 2.57. The molecule has 0 aromatic heterocycles. The van der Waals surface area contributed by atoms with E-state index in [1.54, 1.807) is 0 Å². The highest BCUT2D eigenvalue weighted by atomic mass is 79.9. The largest absolute Gasteiger partial charge is 0.492 e. The first kappa shape index (κ1) is 11.3. The number of rotatable bonds is 1. The van der Waals surface area contributed by atoms with Crippen LogP contribution in [-0.2, 0) is 6.42 Å². The molecule has 0 fully saturated rings. The summed E-state index contributed by atoms with van der Waals surface area (Å²) in [5.41, 5.74) is 3.56. The third-order valence-corrected chi connectivity index (χ3v) is 3.79. The molecule has 0 atom stereocenters. The van der Waals surface area contributed by atoms with E-state index in [0.29, 0.717) is 12.3 Å². The molecule has 2 rings (SSSR count). The summed E-state index contributed by atoms with van der Waals surface area (Å²) in [6, 6.07) is 0. The molecule has 1 aliphatic heterocycles. The maximum absolute atomic E-state index is 10.7. The van der Waals surface area contributed by atoms with E-state index in [0.717, 1.165) is 33.3 Å². The highest BCUT2D eigenvalue weighted by Crippen LogP contribution is 2.42. The summed E-state index contributed by atoms with van der Waals surface area (Å²) < 4.78 is 6.37. The van der Waals surface area contributed by atoms with E-state index in [2.05, 4.69) is 21.2 Å². The van der Waals surface area contributed by atoms with Gasteiger partial charge in [0.15, 0.2) is 0 Å². The van der Waals surface area contributed by atoms with Crippen LogP contribution in [0.4, 0.5) is 10.5 Å². The second kappa shape index (κ2) is 3.97. The van der Waals surface area contributed by atoms with Crippen molar-refractivity contribution in [2.75, 3.05) is 11.9 Å². The van der Waals surface area contributed by atoms with E-state index < -0.39 is 6.09 Å². The van der Waals surface area contributed by atoms with Crippen molar-refractivity contribution in [2.45, 2.75) is 20.3 Å². The second-order valence-corrected chi connectivity index (χ2v) is 4.57. The molecule has 0 saturated heterocycles. The Bertz CT molecular complexity index is 471. The lowest BCUT2D eigenvalue weighted by atomic mass is 10.0. The van der Waals surface area contributed by atoms with E-state index in [1.165, 1.54) is 0 Å². The quantitative estimate of drug-likeness (QED) is 0.834. The van der Waals surface area contributed by atoms with Crippen LogP contribution in [0, 0.1) is 13.8 Å². The molecule has 1 aromatic rings. The minimum absolute atomic E-state index is 0.656. The van der Waals surface area contributed by atoms with Gasteiger partial charge in [0.1, 0.15) is 5.75 Å². The maximum Gasteiger partial charge on any atom is 0.409 e. The summed E-state index contributed by atoms with van der Waals surface area (Å²) in [7, 11) is 0. The zero-order valence-corrected chi connectivity index (χ0v) is 10.6. The molecule has 0 unspecified atom stereocenters. The number of carboxylic acid groups (broad SMARTS) is 1. The molecular formula is C11H12BrNO3. The molecule has 0 aliphatic carbocycles. The number of benzene rings is 1. The highest BCUT2D eigenvalue weighted by Gasteiger charge is 2.23. The number of hydrogen-bond acceptors (Lipinski definition) is 2. The van der Waals surface area contributed by atoms with Crippen LogP contribution >= 0.6 is 15.9 Å². The van der Waals surface area contributed by atoms with E-state index in [-0.39, 0.29) is 0 Å². The van der Waals surface area contributed by atoms with Gasteiger partial charge in [0.2, 0.25) is 0 Å². The first-order valence-electron chi connectivity index (χ1n) is 4.96. The Morgan fingerprint density at radius 1 is 1.44 bits per heavy atom. The van der Waals surface area contributed by atoms with Crippen LogP contribution in [0.1, 0.15) is 16.7 Å². The Balaban J connectivity index is 2.62. The van der Waals surface area contributed by atoms with Crippen molar-refractivity contribution >= 4 is 27.7 Å².